The Morgan fingerprint density at radius 3 is 1.76 bits per heavy atom. The highest BCUT2D eigenvalue weighted by atomic mass is 79.9. The van der Waals surface area contributed by atoms with E-state index < -0.39 is 71.8 Å². The van der Waals surface area contributed by atoms with Gasteiger partial charge in [-0.3, -0.25) is 24.0 Å². The average Bonchev–Trinajstić information content (AvgIpc) is 2.67. The van der Waals surface area contributed by atoms with E-state index in [-0.39, 0.29) is 5.78 Å². The molecule has 0 saturated carbocycles. The van der Waals surface area contributed by atoms with Crippen LogP contribution >= 0.6 is 15.9 Å². The van der Waals surface area contributed by atoms with Gasteiger partial charge in [-0.05, 0) is 13.8 Å². The van der Waals surface area contributed by atoms with E-state index in [0.717, 1.165) is 27.7 Å². The lowest BCUT2D eigenvalue weighted by Crippen LogP contribution is -2.64. The molecule has 0 aliphatic carbocycles. The van der Waals surface area contributed by atoms with Gasteiger partial charge in [0.2, 0.25) is 6.29 Å². The zero-order valence-corrected chi connectivity index (χ0v) is 21.0. The Labute approximate surface area is 199 Å². The van der Waals surface area contributed by atoms with Crippen LogP contribution in [0.4, 0.5) is 0 Å². The Kier molecular flexibility index (Phi) is 10.9. The van der Waals surface area contributed by atoms with Crippen LogP contribution in [0.2, 0.25) is 0 Å². The Morgan fingerprint density at radius 2 is 1.33 bits per heavy atom. The van der Waals surface area contributed by atoms with Crippen LogP contribution < -0.4 is 0 Å². The first-order chi connectivity index (χ1) is 15.2. The smallest absolute Gasteiger partial charge is 0.303 e. The number of halogens is 1. The maximum atomic E-state index is 12.1. The van der Waals surface area contributed by atoms with Crippen LogP contribution in [0.5, 0.6) is 0 Å². The molecule has 0 N–H and O–H groups in total. The third-order valence-corrected chi connectivity index (χ3v) is 5.48. The SMILES string of the molecule is CO[C@H](O[C@@H]1O[C@H](COC(C)=O)[C@@H](OC(C)=O)[C@H](OC(C)=O)[C@H]1OC(C)=O)[C@@](C)(Br)C(C)=O. The molecule has 1 heterocycles. The van der Waals surface area contributed by atoms with Crippen LogP contribution in [0.1, 0.15) is 41.5 Å². The van der Waals surface area contributed by atoms with Crippen molar-refractivity contribution in [1.29, 1.82) is 0 Å². The van der Waals surface area contributed by atoms with Gasteiger partial charge in [-0.2, -0.15) is 0 Å². The molecule has 188 valence electrons. The number of ketones is 1. The molecule has 0 aromatic carbocycles. The minimum absolute atomic E-state index is 0.347. The summed E-state index contributed by atoms with van der Waals surface area (Å²) < 4.78 is 36.5. The monoisotopic (exact) mass is 540 g/mol. The largest absolute Gasteiger partial charge is 0.463 e. The summed E-state index contributed by atoms with van der Waals surface area (Å²) in [7, 11) is 1.28. The molecule has 0 radical (unpaired) electrons. The zero-order chi connectivity index (χ0) is 25.5. The summed E-state index contributed by atoms with van der Waals surface area (Å²) in [5, 5.41) is 0. The molecule has 13 heteroatoms. The Bertz CT molecular complexity index is 751. The summed E-state index contributed by atoms with van der Waals surface area (Å²) >= 11 is 3.25. The first-order valence-electron chi connectivity index (χ1n) is 9.89. The number of hydrogen-bond donors (Lipinski definition) is 0. The predicted molar refractivity (Wildman–Crippen MR) is 112 cm³/mol. The minimum atomic E-state index is -1.48. The van der Waals surface area contributed by atoms with Crippen LogP contribution in [0.15, 0.2) is 0 Å². The van der Waals surface area contributed by atoms with Crippen LogP contribution in [0, 0.1) is 0 Å². The van der Waals surface area contributed by atoms with Gasteiger partial charge < -0.3 is 33.2 Å². The Hall–Kier alpha value is -2.09. The van der Waals surface area contributed by atoms with E-state index in [0.29, 0.717) is 0 Å². The van der Waals surface area contributed by atoms with Gasteiger partial charge in [0.1, 0.15) is 17.0 Å². The highest BCUT2D eigenvalue weighted by molar-refractivity contribution is 9.10. The summed E-state index contributed by atoms with van der Waals surface area (Å²) in [6.07, 6.45) is -8.07. The summed E-state index contributed by atoms with van der Waals surface area (Å²) in [5.41, 5.74) is 0. The van der Waals surface area contributed by atoms with E-state index in [1.54, 1.807) is 0 Å². The van der Waals surface area contributed by atoms with Crippen molar-refractivity contribution in [2.24, 2.45) is 0 Å². The maximum Gasteiger partial charge on any atom is 0.303 e. The maximum absolute atomic E-state index is 12.1. The Balaban J connectivity index is 3.47. The van der Waals surface area contributed by atoms with Gasteiger partial charge in [0.15, 0.2) is 30.4 Å². The topological polar surface area (TPSA) is 150 Å². The molecule has 1 fully saturated rings. The van der Waals surface area contributed by atoms with Crippen molar-refractivity contribution in [1.82, 2.24) is 0 Å². The number of hydrogen-bond acceptors (Lipinski definition) is 12. The third-order valence-electron chi connectivity index (χ3n) is 4.55. The number of alkyl halides is 1. The molecule has 1 aliphatic rings. The number of rotatable bonds is 10. The molecule has 0 bridgehead atoms. The van der Waals surface area contributed by atoms with Gasteiger partial charge in [-0.1, -0.05) is 15.9 Å². The molecular weight excluding hydrogens is 512 g/mol. The first kappa shape index (κ1) is 28.9. The van der Waals surface area contributed by atoms with E-state index in [9.17, 15) is 24.0 Å². The molecular formula is C20H29BrO12. The van der Waals surface area contributed by atoms with Crippen molar-refractivity contribution in [3.05, 3.63) is 0 Å². The number of methoxy groups -OCH3 is 1. The van der Waals surface area contributed by atoms with Crippen molar-refractivity contribution in [3.8, 4) is 0 Å². The lowest BCUT2D eigenvalue weighted by Gasteiger charge is -2.45. The predicted octanol–water partition coefficient (Wildman–Crippen LogP) is 0.801. The highest BCUT2D eigenvalue weighted by Crippen LogP contribution is 2.34. The van der Waals surface area contributed by atoms with Crippen LogP contribution in [-0.4, -0.2) is 84.7 Å². The molecule has 1 rings (SSSR count). The van der Waals surface area contributed by atoms with E-state index in [4.69, 9.17) is 33.2 Å². The van der Waals surface area contributed by atoms with Gasteiger partial charge in [-0.25, -0.2) is 0 Å². The fraction of sp³-hybridized carbons (Fsp3) is 0.750. The molecule has 0 amide bonds. The molecule has 1 saturated heterocycles. The van der Waals surface area contributed by atoms with Crippen molar-refractivity contribution in [2.45, 2.75) is 82.9 Å². The molecule has 7 atom stereocenters. The van der Waals surface area contributed by atoms with Crippen molar-refractivity contribution < 1.29 is 57.1 Å². The molecule has 12 nitrogen and oxygen atoms in total. The number of ether oxygens (including phenoxy) is 7. The number of carbonyl (C=O) groups excluding carboxylic acids is 5. The quantitative estimate of drug-likeness (QED) is 0.167. The lowest BCUT2D eigenvalue weighted by atomic mass is 9.98. The van der Waals surface area contributed by atoms with Crippen LogP contribution in [-0.2, 0) is 57.1 Å². The van der Waals surface area contributed by atoms with E-state index in [1.807, 2.05) is 0 Å². The molecule has 1 aliphatic heterocycles. The van der Waals surface area contributed by atoms with Gasteiger partial charge in [-0.15, -0.1) is 0 Å². The Morgan fingerprint density at radius 1 is 0.848 bits per heavy atom. The number of esters is 4. The third kappa shape index (κ3) is 8.32. The second kappa shape index (κ2) is 12.4. The van der Waals surface area contributed by atoms with E-state index in [1.165, 1.54) is 21.0 Å². The fourth-order valence-corrected chi connectivity index (χ4v) is 3.29. The molecule has 0 aromatic rings. The molecule has 0 spiro atoms. The minimum Gasteiger partial charge on any atom is -0.463 e. The number of carbonyl (C=O) groups is 5. The van der Waals surface area contributed by atoms with Crippen LogP contribution in [0.25, 0.3) is 0 Å². The standard InChI is InChI=1S/C20H29BrO12/c1-9(22)20(6,21)19(27-7)33-18-17(31-13(5)26)16(30-12(4)25)15(29-11(3)24)14(32-18)8-28-10(2)23/h14-19H,8H2,1-7H3/t14-,15-,16+,17-,18+,19-,20+/m1/s1. The second-order valence-corrected chi connectivity index (χ2v) is 9.05. The molecule has 33 heavy (non-hydrogen) atoms. The van der Waals surface area contributed by atoms with Crippen molar-refractivity contribution >= 4 is 45.6 Å². The summed E-state index contributed by atoms with van der Waals surface area (Å²) in [4.78, 5) is 58.8. The normalized spacial score (nSPS) is 27.5. The molecule has 0 aromatic heterocycles. The van der Waals surface area contributed by atoms with E-state index in [2.05, 4.69) is 15.9 Å². The lowest BCUT2D eigenvalue weighted by molar-refractivity contribution is -0.339. The summed E-state index contributed by atoms with van der Waals surface area (Å²) in [5.74, 6) is -3.31. The van der Waals surface area contributed by atoms with Gasteiger partial charge in [0.25, 0.3) is 0 Å². The van der Waals surface area contributed by atoms with E-state index >= 15 is 0 Å². The number of Topliss-reactive ketones (excluding diaryl/α,β-unsaturated/α-hetero) is 1. The molecule has 0 unspecified atom stereocenters. The summed E-state index contributed by atoms with van der Waals surface area (Å²) in [6, 6.07) is 0. The fourth-order valence-electron chi connectivity index (χ4n) is 2.99. The average molecular weight is 541 g/mol. The van der Waals surface area contributed by atoms with Gasteiger partial charge in [0, 0.05) is 34.8 Å². The van der Waals surface area contributed by atoms with Gasteiger partial charge in [0.05, 0.1) is 0 Å². The first-order valence-corrected chi connectivity index (χ1v) is 10.7. The van der Waals surface area contributed by atoms with Crippen molar-refractivity contribution in [2.75, 3.05) is 13.7 Å². The van der Waals surface area contributed by atoms with Gasteiger partial charge >= 0.3 is 23.9 Å². The summed E-state index contributed by atoms with van der Waals surface area (Å²) in [6.45, 7) is 6.87. The van der Waals surface area contributed by atoms with Crippen molar-refractivity contribution in [3.63, 3.8) is 0 Å². The zero-order valence-electron chi connectivity index (χ0n) is 19.4. The van der Waals surface area contributed by atoms with Crippen LogP contribution in [0.3, 0.4) is 0 Å². The second-order valence-electron chi connectivity index (χ2n) is 7.40. The highest BCUT2D eigenvalue weighted by Gasteiger charge is 2.54.